The molecule has 2 heteroatoms. The highest BCUT2D eigenvalue weighted by atomic mass is 15.0. The fraction of sp³-hybridized carbons (Fsp3) is 0.154. The summed E-state index contributed by atoms with van der Waals surface area (Å²) in [5.41, 5.74) is 7.77. The van der Waals surface area contributed by atoms with E-state index in [0.717, 1.165) is 6.42 Å². The maximum absolute atomic E-state index is 2.44. The molecule has 0 aliphatic carbocycles. The molecule has 5 aromatic rings. The van der Waals surface area contributed by atoms with E-state index in [4.69, 9.17) is 0 Å². The van der Waals surface area contributed by atoms with Crippen LogP contribution in [0.3, 0.4) is 0 Å². The summed E-state index contributed by atoms with van der Waals surface area (Å²) in [6, 6.07) is 24.0. The summed E-state index contributed by atoms with van der Waals surface area (Å²) >= 11 is 0. The second kappa shape index (κ2) is 6.42. The highest BCUT2D eigenvalue weighted by molar-refractivity contribution is 6.18. The molecule has 0 saturated carbocycles. The van der Waals surface area contributed by atoms with Gasteiger partial charge in [0.25, 0.3) is 0 Å². The van der Waals surface area contributed by atoms with Crippen LogP contribution in [0.5, 0.6) is 0 Å². The first-order chi connectivity index (χ1) is 13.8. The normalized spacial score (nSPS) is 12.1. The standard InChI is InChI=1S/C26H24N2/c1-4-11-24-19(5-2)21-16-17-22-20-14-9-10-15-23(20)27(3)25(22)26(21)28(24)18-12-7-6-8-13-18/h4,6-17H,5H2,1-3H3/b11-4-. The minimum atomic E-state index is 1.01. The van der Waals surface area contributed by atoms with Gasteiger partial charge in [0.2, 0.25) is 0 Å². The van der Waals surface area contributed by atoms with E-state index in [1.807, 2.05) is 0 Å². The van der Waals surface area contributed by atoms with Crippen molar-refractivity contribution in [2.75, 3.05) is 0 Å². The molecule has 28 heavy (non-hydrogen) atoms. The number of hydrogen-bond acceptors (Lipinski definition) is 0. The quantitative estimate of drug-likeness (QED) is 0.330. The second-order valence-corrected chi connectivity index (χ2v) is 7.32. The van der Waals surface area contributed by atoms with Gasteiger partial charge in [0, 0.05) is 40.1 Å². The third-order valence-corrected chi connectivity index (χ3v) is 5.83. The molecule has 0 aliphatic rings. The van der Waals surface area contributed by atoms with Crippen molar-refractivity contribution in [2.24, 2.45) is 7.05 Å². The summed E-state index contributed by atoms with van der Waals surface area (Å²) in [4.78, 5) is 0. The summed E-state index contributed by atoms with van der Waals surface area (Å²) in [5, 5.41) is 3.97. The molecule has 0 amide bonds. The monoisotopic (exact) mass is 364 g/mol. The fourth-order valence-electron chi connectivity index (χ4n) is 4.66. The maximum atomic E-state index is 2.44. The summed E-state index contributed by atoms with van der Waals surface area (Å²) in [6.45, 7) is 4.35. The number of hydrogen-bond donors (Lipinski definition) is 0. The van der Waals surface area contributed by atoms with Crippen LogP contribution in [-0.2, 0) is 13.5 Å². The number of rotatable bonds is 3. The molecule has 3 aromatic carbocycles. The Morgan fingerprint density at radius 2 is 1.50 bits per heavy atom. The van der Waals surface area contributed by atoms with Crippen molar-refractivity contribution < 1.29 is 0 Å². The zero-order chi connectivity index (χ0) is 19.3. The predicted molar refractivity (Wildman–Crippen MR) is 121 cm³/mol. The molecule has 0 bridgehead atoms. The molecule has 2 aromatic heterocycles. The van der Waals surface area contributed by atoms with E-state index in [2.05, 4.69) is 109 Å². The van der Waals surface area contributed by atoms with E-state index >= 15 is 0 Å². The molecular weight excluding hydrogens is 340 g/mol. The predicted octanol–water partition coefficient (Wildman–Crippen LogP) is 6.87. The second-order valence-electron chi connectivity index (χ2n) is 7.32. The van der Waals surface area contributed by atoms with Crippen molar-refractivity contribution in [1.82, 2.24) is 9.13 Å². The number of fused-ring (bicyclic) bond motifs is 5. The van der Waals surface area contributed by atoms with Gasteiger partial charge >= 0.3 is 0 Å². The lowest BCUT2D eigenvalue weighted by atomic mass is 10.1. The van der Waals surface area contributed by atoms with Crippen LogP contribution in [-0.4, -0.2) is 9.13 Å². The fourth-order valence-corrected chi connectivity index (χ4v) is 4.66. The number of aryl methyl sites for hydroxylation is 2. The van der Waals surface area contributed by atoms with Crippen molar-refractivity contribution in [3.05, 3.63) is 84.1 Å². The lowest BCUT2D eigenvalue weighted by Crippen LogP contribution is -1.99. The van der Waals surface area contributed by atoms with E-state index in [0.29, 0.717) is 0 Å². The summed E-state index contributed by atoms with van der Waals surface area (Å²) in [7, 11) is 2.19. The lowest BCUT2D eigenvalue weighted by molar-refractivity contribution is 1.01. The molecule has 0 spiro atoms. The van der Waals surface area contributed by atoms with Crippen LogP contribution in [0, 0.1) is 0 Å². The van der Waals surface area contributed by atoms with Gasteiger partial charge in [0.1, 0.15) is 0 Å². The van der Waals surface area contributed by atoms with Crippen molar-refractivity contribution in [3.63, 3.8) is 0 Å². The number of allylic oxidation sites excluding steroid dienone is 1. The average Bonchev–Trinajstić information content (AvgIpc) is 3.21. The SMILES string of the molecule is C/C=C\c1c(CC)c2ccc3c4ccccc4n(C)c3c2n1-c1ccccc1. The van der Waals surface area contributed by atoms with E-state index in [1.165, 1.54) is 49.7 Å². The van der Waals surface area contributed by atoms with Gasteiger partial charge in [0.15, 0.2) is 0 Å². The topological polar surface area (TPSA) is 9.86 Å². The highest BCUT2D eigenvalue weighted by Gasteiger charge is 2.20. The molecule has 2 heterocycles. The Balaban J connectivity index is 2.08. The van der Waals surface area contributed by atoms with Gasteiger partial charge in [-0.1, -0.05) is 61.5 Å². The summed E-state index contributed by atoms with van der Waals surface area (Å²) in [5.74, 6) is 0. The number of nitrogens with zero attached hydrogens (tertiary/aromatic N) is 2. The maximum Gasteiger partial charge on any atom is 0.0781 e. The Hall–Kier alpha value is -3.26. The van der Waals surface area contributed by atoms with Crippen LogP contribution in [0.2, 0.25) is 0 Å². The van der Waals surface area contributed by atoms with Crippen LogP contribution in [0.15, 0.2) is 72.8 Å². The van der Waals surface area contributed by atoms with Gasteiger partial charge in [-0.2, -0.15) is 0 Å². The van der Waals surface area contributed by atoms with Crippen LogP contribution >= 0.6 is 0 Å². The molecule has 0 atom stereocenters. The molecular formula is C26H24N2. The average molecular weight is 364 g/mol. The van der Waals surface area contributed by atoms with Crippen molar-refractivity contribution in [3.8, 4) is 5.69 Å². The van der Waals surface area contributed by atoms with E-state index in [-0.39, 0.29) is 0 Å². The van der Waals surface area contributed by atoms with Gasteiger partial charge in [-0.15, -0.1) is 0 Å². The molecule has 138 valence electrons. The molecule has 0 N–H and O–H groups in total. The molecule has 5 rings (SSSR count). The largest absolute Gasteiger partial charge is 0.342 e. The van der Waals surface area contributed by atoms with Crippen LogP contribution in [0.1, 0.15) is 25.1 Å². The molecule has 0 radical (unpaired) electrons. The van der Waals surface area contributed by atoms with Crippen molar-refractivity contribution in [2.45, 2.75) is 20.3 Å². The molecule has 0 fully saturated rings. The molecule has 0 aliphatic heterocycles. The first-order valence-electron chi connectivity index (χ1n) is 9.97. The first-order valence-corrected chi connectivity index (χ1v) is 9.97. The minimum Gasteiger partial charge on any atom is -0.342 e. The third kappa shape index (κ3) is 2.21. The smallest absolute Gasteiger partial charge is 0.0781 e. The Bertz CT molecular complexity index is 1350. The van der Waals surface area contributed by atoms with Crippen LogP contribution in [0.4, 0.5) is 0 Å². The first kappa shape index (κ1) is 16.9. The van der Waals surface area contributed by atoms with E-state index in [9.17, 15) is 0 Å². The van der Waals surface area contributed by atoms with Gasteiger partial charge in [-0.05, 0) is 43.2 Å². The van der Waals surface area contributed by atoms with Crippen molar-refractivity contribution >= 4 is 38.8 Å². The Morgan fingerprint density at radius 3 is 2.25 bits per heavy atom. The Morgan fingerprint density at radius 1 is 0.786 bits per heavy atom. The third-order valence-electron chi connectivity index (χ3n) is 5.83. The number of aromatic nitrogens is 2. The van der Waals surface area contributed by atoms with Crippen LogP contribution in [0.25, 0.3) is 44.5 Å². The van der Waals surface area contributed by atoms with E-state index in [1.54, 1.807) is 0 Å². The molecule has 0 unspecified atom stereocenters. The summed E-state index contributed by atoms with van der Waals surface area (Å²) < 4.78 is 4.79. The van der Waals surface area contributed by atoms with Gasteiger partial charge < -0.3 is 9.13 Å². The van der Waals surface area contributed by atoms with E-state index < -0.39 is 0 Å². The van der Waals surface area contributed by atoms with Crippen molar-refractivity contribution in [1.29, 1.82) is 0 Å². The lowest BCUT2D eigenvalue weighted by Gasteiger charge is -2.11. The number of para-hydroxylation sites is 2. The highest BCUT2D eigenvalue weighted by Crippen LogP contribution is 2.39. The molecule has 2 nitrogen and oxygen atoms in total. The Kier molecular flexibility index (Phi) is 3.87. The Labute approximate surface area is 165 Å². The number of benzene rings is 3. The minimum absolute atomic E-state index is 1.01. The summed E-state index contributed by atoms with van der Waals surface area (Å²) in [6.07, 6.45) is 5.40. The zero-order valence-electron chi connectivity index (χ0n) is 16.6. The van der Waals surface area contributed by atoms with Gasteiger partial charge in [0.05, 0.1) is 11.0 Å². The zero-order valence-corrected chi connectivity index (χ0v) is 16.6. The van der Waals surface area contributed by atoms with Gasteiger partial charge in [-0.25, -0.2) is 0 Å². The van der Waals surface area contributed by atoms with Crippen LogP contribution < -0.4 is 0 Å². The van der Waals surface area contributed by atoms with Gasteiger partial charge in [-0.3, -0.25) is 0 Å². The molecule has 0 saturated heterocycles.